The fourth-order valence-electron chi connectivity index (χ4n) is 3.04. The Kier molecular flexibility index (Phi) is 7.18. The van der Waals surface area contributed by atoms with E-state index in [1.165, 1.54) is 12.1 Å². The van der Waals surface area contributed by atoms with E-state index < -0.39 is 6.10 Å². The molecule has 3 unspecified atom stereocenters. The van der Waals surface area contributed by atoms with E-state index in [4.69, 9.17) is 9.47 Å². The Morgan fingerprint density at radius 1 is 1.33 bits per heavy atom. The predicted octanol–water partition coefficient (Wildman–Crippen LogP) is 3.71. The fourth-order valence-corrected chi connectivity index (χ4v) is 3.04. The molecule has 0 spiro atoms. The number of likely N-dealkylation sites (N-methyl/N-ethyl adjacent to an activating group) is 1. The molecule has 2 rings (SSSR count). The lowest BCUT2D eigenvalue weighted by atomic mass is 10.1. The summed E-state index contributed by atoms with van der Waals surface area (Å²) < 4.78 is 24.5. The lowest BCUT2D eigenvalue weighted by Gasteiger charge is -2.31. The zero-order chi connectivity index (χ0) is 17.5. The van der Waals surface area contributed by atoms with Crippen molar-refractivity contribution in [3.63, 3.8) is 0 Å². The highest BCUT2D eigenvalue weighted by Crippen LogP contribution is 2.22. The van der Waals surface area contributed by atoms with Gasteiger partial charge in [0.25, 0.3) is 5.91 Å². The Balaban J connectivity index is 1.92. The molecule has 1 aliphatic rings. The van der Waals surface area contributed by atoms with Crippen LogP contribution in [0.5, 0.6) is 0 Å². The number of hydrogen-bond donors (Lipinski definition) is 0. The molecule has 0 bridgehead atoms. The lowest BCUT2D eigenvalue weighted by molar-refractivity contribution is -0.148. The van der Waals surface area contributed by atoms with Crippen LogP contribution in [0.2, 0.25) is 0 Å². The van der Waals surface area contributed by atoms with Gasteiger partial charge in [-0.1, -0.05) is 12.1 Å². The third-order valence-corrected chi connectivity index (χ3v) is 4.60. The molecule has 5 heteroatoms. The van der Waals surface area contributed by atoms with Crippen LogP contribution in [0, 0.1) is 5.82 Å². The van der Waals surface area contributed by atoms with Crippen LogP contribution in [-0.4, -0.2) is 42.8 Å². The summed E-state index contributed by atoms with van der Waals surface area (Å²) in [6.07, 6.45) is 2.82. The van der Waals surface area contributed by atoms with Gasteiger partial charge in [0, 0.05) is 13.2 Å². The Labute approximate surface area is 143 Å². The summed E-state index contributed by atoms with van der Waals surface area (Å²) in [5.74, 6) is -0.324. The van der Waals surface area contributed by atoms with Gasteiger partial charge in [-0.15, -0.1) is 0 Å². The van der Waals surface area contributed by atoms with Gasteiger partial charge >= 0.3 is 0 Å². The van der Waals surface area contributed by atoms with E-state index in [2.05, 4.69) is 0 Å². The molecule has 1 heterocycles. The number of nitrogens with zero attached hydrogens (tertiary/aromatic N) is 1. The van der Waals surface area contributed by atoms with Crippen molar-refractivity contribution in [1.29, 1.82) is 0 Å². The van der Waals surface area contributed by atoms with Crippen LogP contribution < -0.4 is 0 Å². The molecule has 0 radical (unpaired) electrons. The first-order valence-electron chi connectivity index (χ1n) is 8.82. The number of amides is 1. The summed E-state index contributed by atoms with van der Waals surface area (Å²) in [6, 6.07) is 6.16. The van der Waals surface area contributed by atoms with E-state index >= 15 is 0 Å². The molecular weight excluding hydrogens is 309 g/mol. The van der Waals surface area contributed by atoms with Crippen LogP contribution in [-0.2, 0) is 14.3 Å². The van der Waals surface area contributed by atoms with Crippen LogP contribution in [0.25, 0.3) is 0 Å². The highest BCUT2D eigenvalue weighted by molar-refractivity contribution is 5.81. The zero-order valence-electron chi connectivity index (χ0n) is 14.8. The van der Waals surface area contributed by atoms with Crippen molar-refractivity contribution < 1.29 is 18.7 Å². The second-order valence-electron chi connectivity index (χ2n) is 6.32. The molecule has 1 aromatic carbocycles. The largest absolute Gasteiger partial charge is 0.376 e. The lowest BCUT2D eigenvalue weighted by Crippen LogP contribution is -2.41. The number of ether oxygens (including phenoxy) is 2. The second kappa shape index (κ2) is 9.14. The molecule has 0 aromatic heterocycles. The predicted molar refractivity (Wildman–Crippen MR) is 91.2 cm³/mol. The average Bonchev–Trinajstić information content (AvgIpc) is 2.61. The van der Waals surface area contributed by atoms with E-state index in [1.807, 2.05) is 13.8 Å². The van der Waals surface area contributed by atoms with Crippen LogP contribution in [0.1, 0.15) is 51.6 Å². The SMILES string of the molecule is CCN(C(=O)C(C)OCC1CCCCO1)C(C)c1ccc(F)cc1. The van der Waals surface area contributed by atoms with Gasteiger partial charge in [0.2, 0.25) is 0 Å². The molecule has 1 aliphatic heterocycles. The average molecular weight is 337 g/mol. The highest BCUT2D eigenvalue weighted by atomic mass is 19.1. The molecule has 4 nitrogen and oxygen atoms in total. The summed E-state index contributed by atoms with van der Waals surface area (Å²) in [4.78, 5) is 14.5. The molecule has 0 N–H and O–H groups in total. The fraction of sp³-hybridized carbons (Fsp3) is 0.632. The van der Waals surface area contributed by atoms with Gasteiger partial charge in [0.1, 0.15) is 11.9 Å². The Hall–Kier alpha value is -1.46. The molecule has 1 amide bonds. The maximum atomic E-state index is 13.1. The minimum atomic E-state index is -0.515. The Bertz CT molecular complexity index is 514. The monoisotopic (exact) mass is 337 g/mol. The topological polar surface area (TPSA) is 38.8 Å². The van der Waals surface area contributed by atoms with E-state index in [1.54, 1.807) is 24.0 Å². The van der Waals surface area contributed by atoms with Crippen LogP contribution in [0.4, 0.5) is 4.39 Å². The number of carbonyl (C=O) groups is 1. The van der Waals surface area contributed by atoms with Crippen LogP contribution >= 0.6 is 0 Å². The molecule has 1 fully saturated rings. The quantitative estimate of drug-likeness (QED) is 0.761. The second-order valence-corrected chi connectivity index (χ2v) is 6.32. The number of rotatable bonds is 7. The first-order valence-corrected chi connectivity index (χ1v) is 8.82. The molecule has 0 aliphatic carbocycles. The van der Waals surface area contributed by atoms with Gasteiger partial charge in [-0.2, -0.15) is 0 Å². The Morgan fingerprint density at radius 2 is 2.04 bits per heavy atom. The highest BCUT2D eigenvalue weighted by Gasteiger charge is 2.26. The molecule has 1 saturated heterocycles. The molecule has 134 valence electrons. The number of halogens is 1. The van der Waals surface area contributed by atoms with E-state index in [0.29, 0.717) is 13.2 Å². The van der Waals surface area contributed by atoms with Gasteiger partial charge in [0.05, 0.1) is 18.8 Å². The van der Waals surface area contributed by atoms with Crippen molar-refractivity contribution >= 4 is 5.91 Å². The van der Waals surface area contributed by atoms with Gasteiger partial charge < -0.3 is 14.4 Å². The van der Waals surface area contributed by atoms with Crippen molar-refractivity contribution in [3.8, 4) is 0 Å². The number of benzene rings is 1. The van der Waals surface area contributed by atoms with E-state index in [9.17, 15) is 9.18 Å². The van der Waals surface area contributed by atoms with Gasteiger partial charge in [-0.25, -0.2) is 4.39 Å². The number of hydrogen-bond acceptors (Lipinski definition) is 3. The number of carbonyl (C=O) groups excluding carboxylic acids is 1. The van der Waals surface area contributed by atoms with Crippen LogP contribution in [0.15, 0.2) is 24.3 Å². The summed E-state index contributed by atoms with van der Waals surface area (Å²) in [5, 5.41) is 0. The third kappa shape index (κ3) is 5.02. The van der Waals surface area contributed by atoms with Crippen molar-refractivity contribution in [1.82, 2.24) is 4.90 Å². The Morgan fingerprint density at radius 3 is 2.62 bits per heavy atom. The first-order chi connectivity index (χ1) is 11.5. The molecular formula is C19H28FNO3. The zero-order valence-corrected chi connectivity index (χ0v) is 14.8. The van der Waals surface area contributed by atoms with E-state index in [0.717, 1.165) is 31.4 Å². The minimum absolute atomic E-state index is 0.0508. The summed E-state index contributed by atoms with van der Waals surface area (Å²) >= 11 is 0. The smallest absolute Gasteiger partial charge is 0.251 e. The third-order valence-electron chi connectivity index (χ3n) is 4.60. The standard InChI is InChI=1S/C19H28FNO3/c1-4-21(14(2)16-8-10-17(20)11-9-16)19(22)15(3)24-13-18-7-5-6-12-23-18/h8-11,14-15,18H,4-7,12-13H2,1-3H3. The van der Waals surface area contributed by atoms with Gasteiger partial charge in [0.15, 0.2) is 0 Å². The summed E-state index contributed by atoms with van der Waals surface area (Å²) in [6.45, 7) is 7.48. The van der Waals surface area contributed by atoms with Crippen molar-refractivity contribution in [3.05, 3.63) is 35.6 Å². The van der Waals surface area contributed by atoms with Crippen molar-refractivity contribution in [2.75, 3.05) is 19.8 Å². The van der Waals surface area contributed by atoms with Crippen molar-refractivity contribution in [2.24, 2.45) is 0 Å². The van der Waals surface area contributed by atoms with Gasteiger partial charge in [-0.3, -0.25) is 4.79 Å². The maximum absolute atomic E-state index is 13.1. The summed E-state index contributed by atoms with van der Waals surface area (Å²) in [5.41, 5.74) is 0.911. The molecule has 0 saturated carbocycles. The normalized spacial score (nSPS) is 20.4. The van der Waals surface area contributed by atoms with E-state index in [-0.39, 0.29) is 23.9 Å². The maximum Gasteiger partial charge on any atom is 0.251 e. The molecule has 1 aromatic rings. The molecule has 3 atom stereocenters. The first kappa shape index (κ1) is 18.9. The minimum Gasteiger partial charge on any atom is -0.376 e. The molecule has 24 heavy (non-hydrogen) atoms. The van der Waals surface area contributed by atoms with Crippen molar-refractivity contribution in [2.45, 2.75) is 58.3 Å². The van der Waals surface area contributed by atoms with Gasteiger partial charge in [-0.05, 0) is 57.7 Å². The van der Waals surface area contributed by atoms with Crippen LogP contribution in [0.3, 0.4) is 0 Å². The summed E-state index contributed by atoms with van der Waals surface area (Å²) in [7, 11) is 0.